The molecule has 176 valence electrons. The molecule has 2 aromatic rings. The summed E-state index contributed by atoms with van der Waals surface area (Å²) >= 11 is 0. The van der Waals surface area contributed by atoms with E-state index in [1.54, 1.807) is 9.80 Å². The van der Waals surface area contributed by atoms with Crippen LogP contribution < -0.4 is 0 Å². The molecule has 0 radical (unpaired) electrons. The van der Waals surface area contributed by atoms with E-state index in [4.69, 9.17) is 4.74 Å². The standard InChI is InChI=1S/C27H34N2O4/c1-18-14-29(19(2)16-30)27(32)24-11-7-6-10-23(24)22-9-5-4-8-21(22)17-33-25(18)15-28(3)26(31)20-12-13-20/h4-11,18-20,25,30H,12-17H2,1-3H3/t18-,19+,25-/m1/s1. The lowest BCUT2D eigenvalue weighted by Crippen LogP contribution is -2.47. The van der Waals surface area contributed by atoms with Gasteiger partial charge in [0.1, 0.15) is 0 Å². The highest BCUT2D eigenvalue weighted by Crippen LogP contribution is 2.33. The van der Waals surface area contributed by atoms with E-state index < -0.39 is 0 Å². The Hall–Kier alpha value is -2.70. The maximum Gasteiger partial charge on any atom is 0.254 e. The van der Waals surface area contributed by atoms with Crippen LogP contribution in [0.5, 0.6) is 0 Å². The van der Waals surface area contributed by atoms with Crippen molar-refractivity contribution in [2.75, 3.05) is 26.7 Å². The molecule has 1 saturated carbocycles. The summed E-state index contributed by atoms with van der Waals surface area (Å²) in [5, 5.41) is 9.91. The van der Waals surface area contributed by atoms with Crippen molar-refractivity contribution in [1.82, 2.24) is 9.80 Å². The zero-order chi connectivity index (χ0) is 23.5. The molecule has 0 aromatic heterocycles. The summed E-state index contributed by atoms with van der Waals surface area (Å²) in [5.41, 5.74) is 3.46. The van der Waals surface area contributed by atoms with Gasteiger partial charge in [-0.3, -0.25) is 9.59 Å². The molecule has 1 aliphatic carbocycles. The fraction of sp³-hybridized carbons (Fsp3) is 0.481. The van der Waals surface area contributed by atoms with E-state index in [9.17, 15) is 14.7 Å². The number of ether oxygens (including phenoxy) is 1. The average molecular weight is 451 g/mol. The molecule has 0 saturated heterocycles. The van der Waals surface area contributed by atoms with Crippen molar-refractivity contribution in [3.8, 4) is 11.1 Å². The Morgan fingerprint density at radius 3 is 2.42 bits per heavy atom. The number of aliphatic hydroxyl groups is 1. The number of likely N-dealkylation sites (N-methyl/N-ethyl adjacent to an activating group) is 1. The number of carbonyl (C=O) groups excluding carboxylic acids is 2. The van der Waals surface area contributed by atoms with Crippen LogP contribution in [-0.4, -0.2) is 65.6 Å². The van der Waals surface area contributed by atoms with Gasteiger partial charge in [-0.15, -0.1) is 0 Å². The molecule has 4 rings (SSSR count). The number of fused-ring (bicyclic) bond motifs is 3. The maximum atomic E-state index is 13.8. The average Bonchev–Trinajstić information content (AvgIpc) is 3.68. The second-order valence-corrected chi connectivity index (χ2v) is 9.51. The SMILES string of the molecule is C[C@@H]1CN([C@@H](C)CO)C(=O)c2ccccc2-c2ccccc2CO[C@@H]1CN(C)C(=O)C1CC1. The summed E-state index contributed by atoms with van der Waals surface area (Å²) in [4.78, 5) is 29.9. The number of amides is 2. The van der Waals surface area contributed by atoms with Crippen molar-refractivity contribution in [2.24, 2.45) is 11.8 Å². The van der Waals surface area contributed by atoms with Crippen LogP contribution in [0.15, 0.2) is 48.5 Å². The molecule has 2 amide bonds. The highest BCUT2D eigenvalue weighted by atomic mass is 16.5. The predicted octanol–water partition coefficient (Wildman–Crippen LogP) is 3.58. The van der Waals surface area contributed by atoms with E-state index in [1.807, 2.05) is 62.5 Å². The number of aliphatic hydroxyl groups excluding tert-OH is 1. The molecule has 1 N–H and O–H groups in total. The molecule has 1 fully saturated rings. The van der Waals surface area contributed by atoms with Gasteiger partial charge < -0.3 is 19.6 Å². The molecule has 1 heterocycles. The van der Waals surface area contributed by atoms with Gasteiger partial charge in [0.25, 0.3) is 5.91 Å². The monoisotopic (exact) mass is 450 g/mol. The summed E-state index contributed by atoms with van der Waals surface area (Å²) in [6.45, 7) is 5.10. The molecule has 1 aliphatic heterocycles. The van der Waals surface area contributed by atoms with E-state index in [0.717, 1.165) is 29.5 Å². The lowest BCUT2D eigenvalue weighted by atomic mass is 9.94. The number of hydrogen-bond donors (Lipinski definition) is 1. The van der Waals surface area contributed by atoms with Crippen molar-refractivity contribution < 1.29 is 19.4 Å². The minimum absolute atomic E-state index is 0.0326. The molecule has 3 atom stereocenters. The van der Waals surface area contributed by atoms with Crippen molar-refractivity contribution in [2.45, 2.75) is 45.4 Å². The number of benzene rings is 2. The van der Waals surface area contributed by atoms with Crippen molar-refractivity contribution >= 4 is 11.8 Å². The van der Waals surface area contributed by atoms with Gasteiger partial charge in [0.05, 0.1) is 25.4 Å². The number of hydrogen-bond acceptors (Lipinski definition) is 4. The Kier molecular flexibility index (Phi) is 7.15. The molecular formula is C27H34N2O4. The van der Waals surface area contributed by atoms with E-state index >= 15 is 0 Å². The highest BCUT2D eigenvalue weighted by Gasteiger charge is 2.35. The maximum absolute atomic E-state index is 13.8. The lowest BCUT2D eigenvalue weighted by molar-refractivity contribution is -0.134. The third kappa shape index (κ3) is 5.12. The first-order chi connectivity index (χ1) is 15.9. The zero-order valence-corrected chi connectivity index (χ0v) is 19.7. The molecule has 6 nitrogen and oxygen atoms in total. The van der Waals surface area contributed by atoms with Gasteiger partial charge in [-0.1, -0.05) is 49.4 Å². The normalized spacial score (nSPS) is 22.1. The van der Waals surface area contributed by atoms with Gasteiger partial charge in [0.2, 0.25) is 5.91 Å². The van der Waals surface area contributed by atoms with E-state index in [-0.39, 0.29) is 42.4 Å². The Morgan fingerprint density at radius 1 is 1.12 bits per heavy atom. The van der Waals surface area contributed by atoms with Gasteiger partial charge in [-0.05, 0) is 42.5 Å². The minimum Gasteiger partial charge on any atom is -0.394 e. The van der Waals surface area contributed by atoms with Gasteiger partial charge >= 0.3 is 0 Å². The van der Waals surface area contributed by atoms with Gasteiger partial charge in [-0.2, -0.15) is 0 Å². The van der Waals surface area contributed by atoms with Gasteiger partial charge in [0.15, 0.2) is 0 Å². The molecule has 0 unspecified atom stereocenters. The second kappa shape index (κ2) is 10.1. The van der Waals surface area contributed by atoms with Crippen LogP contribution in [0.2, 0.25) is 0 Å². The third-order valence-electron chi connectivity index (χ3n) is 6.85. The lowest BCUT2D eigenvalue weighted by Gasteiger charge is -2.35. The molecule has 2 aromatic carbocycles. The zero-order valence-electron chi connectivity index (χ0n) is 19.7. The van der Waals surface area contributed by atoms with Crippen LogP contribution >= 0.6 is 0 Å². The van der Waals surface area contributed by atoms with E-state index in [1.165, 1.54) is 0 Å². The summed E-state index contributed by atoms with van der Waals surface area (Å²) in [6, 6.07) is 15.3. The topological polar surface area (TPSA) is 70.1 Å². The van der Waals surface area contributed by atoms with Crippen molar-refractivity contribution in [3.05, 3.63) is 59.7 Å². The Bertz CT molecular complexity index is 1000. The molecule has 0 bridgehead atoms. The summed E-state index contributed by atoms with van der Waals surface area (Å²) in [6.07, 6.45) is 1.69. The number of nitrogens with zero attached hydrogens (tertiary/aromatic N) is 2. The van der Waals surface area contributed by atoms with Gasteiger partial charge in [-0.25, -0.2) is 0 Å². The number of rotatable bonds is 5. The summed E-state index contributed by atoms with van der Waals surface area (Å²) in [7, 11) is 1.84. The van der Waals surface area contributed by atoms with Crippen LogP contribution in [0.25, 0.3) is 11.1 Å². The fourth-order valence-corrected chi connectivity index (χ4v) is 4.55. The Labute approximate surface area is 196 Å². The molecule has 6 heteroatoms. The Morgan fingerprint density at radius 2 is 1.76 bits per heavy atom. The smallest absolute Gasteiger partial charge is 0.254 e. The van der Waals surface area contributed by atoms with Gasteiger partial charge in [0, 0.05) is 37.5 Å². The molecule has 33 heavy (non-hydrogen) atoms. The van der Waals surface area contributed by atoms with E-state index in [2.05, 4.69) is 6.92 Å². The third-order valence-corrected chi connectivity index (χ3v) is 6.85. The Balaban J connectivity index is 1.73. The summed E-state index contributed by atoms with van der Waals surface area (Å²) < 4.78 is 6.45. The van der Waals surface area contributed by atoms with Crippen LogP contribution in [0.4, 0.5) is 0 Å². The number of carbonyl (C=O) groups is 2. The molecule has 2 aliphatic rings. The van der Waals surface area contributed by atoms with Crippen LogP contribution in [0, 0.1) is 11.8 Å². The van der Waals surface area contributed by atoms with Crippen molar-refractivity contribution in [3.63, 3.8) is 0 Å². The second-order valence-electron chi connectivity index (χ2n) is 9.51. The fourth-order valence-electron chi connectivity index (χ4n) is 4.55. The van der Waals surface area contributed by atoms with Crippen LogP contribution in [0.3, 0.4) is 0 Å². The quantitative estimate of drug-likeness (QED) is 0.756. The molecule has 0 spiro atoms. The molecular weight excluding hydrogens is 416 g/mol. The first kappa shape index (κ1) is 23.5. The van der Waals surface area contributed by atoms with Crippen molar-refractivity contribution in [1.29, 1.82) is 0 Å². The highest BCUT2D eigenvalue weighted by molar-refractivity contribution is 6.01. The van der Waals surface area contributed by atoms with Crippen LogP contribution in [-0.2, 0) is 16.1 Å². The van der Waals surface area contributed by atoms with Crippen LogP contribution in [0.1, 0.15) is 42.6 Å². The first-order valence-electron chi connectivity index (χ1n) is 11.9. The first-order valence-corrected chi connectivity index (χ1v) is 11.9. The largest absolute Gasteiger partial charge is 0.394 e. The van der Waals surface area contributed by atoms with E-state index in [0.29, 0.717) is 25.3 Å². The summed E-state index contributed by atoms with van der Waals surface area (Å²) in [5.74, 6) is 0.187. The predicted molar refractivity (Wildman–Crippen MR) is 128 cm³/mol. The minimum atomic E-state index is -0.338.